The standard InChI is InChI=1S/C13H15BrN2O/c1-16(8-6-14)13-12-9-11(17-2)4-3-10(12)5-7-15-13/h3-5,7,9H,6,8H2,1-2H3. The van der Waals surface area contributed by atoms with Gasteiger partial charge in [-0.25, -0.2) is 4.98 Å². The third-order valence-corrected chi connectivity index (χ3v) is 3.09. The number of alkyl halides is 1. The molecule has 0 aliphatic heterocycles. The summed E-state index contributed by atoms with van der Waals surface area (Å²) in [6.45, 7) is 0.920. The maximum atomic E-state index is 5.26. The van der Waals surface area contributed by atoms with Crippen LogP contribution in [0.4, 0.5) is 5.82 Å². The Morgan fingerprint density at radius 2 is 2.18 bits per heavy atom. The Bertz CT molecular complexity index is 516. The predicted octanol–water partition coefficient (Wildman–Crippen LogP) is 3.07. The van der Waals surface area contributed by atoms with Crippen molar-refractivity contribution in [2.24, 2.45) is 0 Å². The minimum absolute atomic E-state index is 0.860. The lowest BCUT2D eigenvalue weighted by Gasteiger charge is -2.18. The zero-order valence-corrected chi connectivity index (χ0v) is 11.6. The smallest absolute Gasteiger partial charge is 0.136 e. The van der Waals surface area contributed by atoms with Crippen LogP contribution in [0, 0.1) is 0 Å². The SMILES string of the molecule is COc1ccc2ccnc(N(C)CCBr)c2c1. The monoisotopic (exact) mass is 294 g/mol. The summed E-state index contributed by atoms with van der Waals surface area (Å²) in [7, 11) is 3.72. The van der Waals surface area contributed by atoms with Crippen molar-refractivity contribution in [1.29, 1.82) is 0 Å². The molecule has 0 aliphatic carbocycles. The van der Waals surface area contributed by atoms with Crippen LogP contribution in [0.2, 0.25) is 0 Å². The molecule has 2 rings (SSSR count). The average Bonchev–Trinajstić information content (AvgIpc) is 2.37. The van der Waals surface area contributed by atoms with Crippen LogP contribution in [0.15, 0.2) is 30.5 Å². The van der Waals surface area contributed by atoms with Crippen molar-refractivity contribution in [2.75, 3.05) is 30.9 Å². The molecule has 4 heteroatoms. The molecule has 17 heavy (non-hydrogen) atoms. The first-order valence-corrected chi connectivity index (χ1v) is 6.58. The summed E-state index contributed by atoms with van der Waals surface area (Å²) in [5.74, 6) is 1.85. The largest absolute Gasteiger partial charge is 0.497 e. The Morgan fingerprint density at radius 3 is 2.88 bits per heavy atom. The van der Waals surface area contributed by atoms with Gasteiger partial charge in [0.15, 0.2) is 0 Å². The number of methoxy groups -OCH3 is 1. The Hall–Kier alpha value is -1.29. The number of aromatic nitrogens is 1. The molecule has 1 aromatic heterocycles. The zero-order valence-electron chi connectivity index (χ0n) is 9.98. The Labute approximate surface area is 110 Å². The van der Waals surface area contributed by atoms with Crippen molar-refractivity contribution in [2.45, 2.75) is 0 Å². The number of ether oxygens (including phenoxy) is 1. The predicted molar refractivity (Wildman–Crippen MR) is 75.4 cm³/mol. The molecule has 0 bridgehead atoms. The number of nitrogens with zero attached hydrogens (tertiary/aromatic N) is 2. The minimum Gasteiger partial charge on any atom is -0.497 e. The van der Waals surface area contributed by atoms with Crippen LogP contribution >= 0.6 is 15.9 Å². The third-order valence-electron chi connectivity index (χ3n) is 2.73. The normalized spacial score (nSPS) is 10.5. The van der Waals surface area contributed by atoms with Crippen LogP contribution in [0.3, 0.4) is 0 Å². The molecule has 1 aromatic carbocycles. The van der Waals surface area contributed by atoms with Crippen molar-refractivity contribution < 1.29 is 4.74 Å². The Kier molecular flexibility index (Phi) is 3.84. The summed E-state index contributed by atoms with van der Waals surface area (Å²) in [6, 6.07) is 8.07. The van der Waals surface area contributed by atoms with Gasteiger partial charge < -0.3 is 9.64 Å². The van der Waals surface area contributed by atoms with E-state index in [0.29, 0.717) is 0 Å². The second-order valence-corrected chi connectivity index (χ2v) is 4.63. The number of anilines is 1. The number of pyridine rings is 1. The topological polar surface area (TPSA) is 25.4 Å². The molecule has 0 N–H and O–H groups in total. The average molecular weight is 295 g/mol. The van der Waals surface area contributed by atoms with E-state index in [-0.39, 0.29) is 0 Å². The summed E-state index contributed by atoms with van der Waals surface area (Å²) in [4.78, 5) is 6.59. The van der Waals surface area contributed by atoms with E-state index in [0.717, 1.165) is 28.8 Å². The van der Waals surface area contributed by atoms with E-state index in [4.69, 9.17) is 4.74 Å². The van der Waals surface area contributed by atoms with Gasteiger partial charge in [-0.05, 0) is 23.6 Å². The van der Waals surface area contributed by atoms with E-state index in [9.17, 15) is 0 Å². The minimum atomic E-state index is 0.860. The van der Waals surface area contributed by atoms with Gasteiger partial charge in [0, 0.05) is 30.5 Å². The lowest BCUT2D eigenvalue weighted by atomic mass is 10.1. The Balaban J connectivity index is 2.54. The number of hydrogen-bond acceptors (Lipinski definition) is 3. The van der Waals surface area contributed by atoms with Crippen LogP contribution in [-0.2, 0) is 0 Å². The summed E-state index contributed by atoms with van der Waals surface area (Å²) in [6.07, 6.45) is 1.84. The quantitative estimate of drug-likeness (QED) is 0.811. The summed E-state index contributed by atoms with van der Waals surface area (Å²) < 4.78 is 5.26. The molecule has 0 saturated carbocycles. The number of fused-ring (bicyclic) bond motifs is 1. The molecule has 0 radical (unpaired) electrons. The molecule has 90 valence electrons. The number of benzene rings is 1. The summed E-state index contributed by atoms with van der Waals surface area (Å²) >= 11 is 3.45. The molecule has 0 atom stereocenters. The molecule has 0 unspecified atom stereocenters. The molecule has 0 amide bonds. The van der Waals surface area contributed by atoms with Crippen LogP contribution in [0.5, 0.6) is 5.75 Å². The molecule has 0 fully saturated rings. The van der Waals surface area contributed by atoms with Crippen LogP contribution in [0.1, 0.15) is 0 Å². The summed E-state index contributed by atoms with van der Waals surface area (Å²) in [5, 5.41) is 3.22. The molecule has 1 heterocycles. The first-order valence-electron chi connectivity index (χ1n) is 5.46. The zero-order chi connectivity index (χ0) is 12.3. The van der Waals surface area contributed by atoms with Gasteiger partial charge in [0.25, 0.3) is 0 Å². The lowest BCUT2D eigenvalue weighted by Crippen LogP contribution is -2.20. The van der Waals surface area contributed by atoms with Gasteiger partial charge in [-0.2, -0.15) is 0 Å². The molecule has 0 saturated heterocycles. The van der Waals surface area contributed by atoms with Gasteiger partial charge in [-0.1, -0.05) is 22.0 Å². The molecular weight excluding hydrogens is 280 g/mol. The number of halogens is 1. The van der Waals surface area contributed by atoms with E-state index in [1.165, 1.54) is 5.39 Å². The van der Waals surface area contributed by atoms with E-state index in [1.54, 1.807) is 7.11 Å². The molecule has 0 aliphatic rings. The lowest BCUT2D eigenvalue weighted by molar-refractivity contribution is 0.415. The highest BCUT2D eigenvalue weighted by Gasteiger charge is 2.07. The van der Waals surface area contributed by atoms with Gasteiger partial charge in [-0.3, -0.25) is 0 Å². The van der Waals surface area contributed by atoms with Gasteiger partial charge in [0.2, 0.25) is 0 Å². The Morgan fingerprint density at radius 1 is 1.35 bits per heavy atom. The fourth-order valence-corrected chi connectivity index (χ4v) is 2.33. The van der Waals surface area contributed by atoms with Crippen molar-refractivity contribution >= 4 is 32.5 Å². The second kappa shape index (κ2) is 5.36. The van der Waals surface area contributed by atoms with E-state index < -0.39 is 0 Å². The fraction of sp³-hybridized carbons (Fsp3) is 0.308. The van der Waals surface area contributed by atoms with E-state index in [1.807, 2.05) is 31.4 Å². The summed E-state index contributed by atoms with van der Waals surface area (Å²) in [5.41, 5.74) is 0. The fourth-order valence-electron chi connectivity index (χ4n) is 1.80. The second-order valence-electron chi connectivity index (χ2n) is 3.83. The van der Waals surface area contributed by atoms with Crippen molar-refractivity contribution in [3.05, 3.63) is 30.5 Å². The molecular formula is C13H15BrN2O. The molecule has 0 spiro atoms. The number of hydrogen-bond donors (Lipinski definition) is 0. The highest BCUT2D eigenvalue weighted by molar-refractivity contribution is 9.09. The van der Waals surface area contributed by atoms with Crippen LogP contribution < -0.4 is 9.64 Å². The highest BCUT2D eigenvalue weighted by Crippen LogP contribution is 2.27. The molecule has 3 nitrogen and oxygen atoms in total. The first-order chi connectivity index (χ1) is 8.26. The van der Waals surface area contributed by atoms with Gasteiger partial charge >= 0.3 is 0 Å². The maximum Gasteiger partial charge on any atom is 0.136 e. The van der Waals surface area contributed by atoms with E-state index in [2.05, 4.69) is 31.9 Å². The van der Waals surface area contributed by atoms with Gasteiger partial charge in [0.1, 0.15) is 11.6 Å². The third kappa shape index (κ3) is 2.52. The van der Waals surface area contributed by atoms with Crippen molar-refractivity contribution in [1.82, 2.24) is 4.98 Å². The number of rotatable bonds is 4. The van der Waals surface area contributed by atoms with Crippen molar-refractivity contribution in [3.63, 3.8) is 0 Å². The van der Waals surface area contributed by atoms with Gasteiger partial charge in [0.05, 0.1) is 7.11 Å². The van der Waals surface area contributed by atoms with E-state index >= 15 is 0 Å². The first kappa shape index (κ1) is 12.2. The van der Waals surface area contributed by atoms with Gasteiger partial charge in [-0.15, -0.1) is 0 Å². The van der Waals surface area contributed by atoms with Crippen LogP contribution in [-0.4, -0.2) is 31.0 Å². The molecule has 2 aromatic rings. The maximum absolute atomic E-state index is 5.26. The van der Waals surface area contributed by atoms with Crippen molar-refractivity contribution in [3.8, 4) is 5.75 Å². The highest BCUT2D eigenvalue weighted by atomic mass is 79.9. The van der Waals surface area contributed by atoms with Crippen LogP contribution in [0.25, 0.3) is 10.8 Å².